The van der Waals surface area contributed by atoms with Crippen LogP contribution in [0.4, 0.5) is 0 Å². The second-order valence-electron chi connectivity index (χ2n) is 1.95. The van der Waals surface area contributed by atoms with Crippen LogP contribution in [0.5, 0.6) is 0 Å². The minimum atomic E-state index is -4.07. The molecule has 1 atom stereocenters. The Labute approximate surface area is 58.8 Å². The zero-order valence-corrected chi connectivity index (χ0v) is 6.49. The Kier molecular flexibility index (Phi) is 4.08. The van der Waals surface area contributed by atoms with Gasteiger partial charge in [-0.1, -0.05) is 0 Å². The minimum absolute atomic E-state index is 0.236. The van der Waals surface area contributed by atoms with Gasteiger partial charge in [0.25, 0.3) is 0 Å². The maximum absolute atomic E-state index is 10.1. The van der Waals surface area contributed by atoms with E-state index in [2.05, 4.69) is 4.74 Å². The summed E-state index contributed by atoms with van der Waals surface area (Å²) in [6, 6.07) is 0. The van der Waals surface area contributed by atoms with E-state index in [1.165, 1.54) is 6.92 Å². The molecule has 0 aromatic heterocycles. The molecular weight excluding hydrogens is 159 g/mol. The third-order valence-electron chi connectivity index (χ3n) is 0.784. The highest BCUT2D eigenvalue weighted by Crippen LogP contribution is 2.34. The topological polar surface area (TPSA) is 87.0 Å². The third kappa shape index (κ3) is 6.19. The quantitative estimate of drug-likeness (QED) is 0.496. The van der Waals surface area contributed by atoms with Gasteiger partial charge >= 0.3 is 7.60 Å². The van der Waals surface area contributed by atoms with E-state index in [1.54, 1.807) is 0 Å². The van der Waals surface area contributed by atoms with Crippen LogP contribution in [0, 0.1) is 0 Å². The molecule has 0 bridgehead atoms. The van der Waals surface area contributed by atoms with Crippen molar-refractivity contribution in [2.75, 3.05) is 13.0 Å². The molecule has 0 unspecified atom stereocenters. The normalized spacial score (nSPS) is 15.2. The molecule has 0 rings (SSSR count). The summed E-state index contributed by atoms with van der Waals surface area (Å²) in [5, 5.41) is 8.35. The van der Waals surface area contributed by atoms with Crippen molar-refractivity contribution in [2.24, 2.45) is 0 Å². The molecule has 3 N–H and O–H groups in total. The lowest BCUT2D eigenvalue weighted by Gasteiger charge is -2.09. The van der Waals surface area contributed by atoms with Gasteiger partial charge in [0, 0.05) is 0 Å². The number of aliphatic hydroxyl groups excluding tert-OH is 1. The SMILES string of the molecule is C[C@@H](CO)OCP(=O)(O)O. The summed E-state index contributed by atoms with van der Waals surface area (Å²) in [5.74, 6) is 0. The van der Waals surface area contributed by atoms with Crippen molar-refractivity contribution in [3.8, 4) is 0 Å². The summed E-state index contributed by atoms with van der Waals surface area (Å²) >= 11 is 0. The fourth-order valence-electron chi connectivity index (χ4n) is 0.277. The van der Waals surface area contributed by atoms with Crippen LogP contribution in [-0.4, -0.2) is 34.0 Å². The van der Waals surface area contributed by atoms with Gasteiger partial charge in [-0.3, -0.25) is 4.57 Å². The number of ether oxygens (including phenoxy) is 1. The van der Waals surface area contributed by atoms with Gasteiger partial charge in [-0.2, -0.15) is 0 Å². The molecule has 0 fully saturated rings. The van der Waals surface area contributed by atoms with Crippen LogP contribution in [0.15, 0.2) is 0 Å². The van der Waals surface area contributed by atoms with E-state index in [9.17, 15) is 4.57 Å². The molecule has 0 radical (unpaired) electrons. The zero-order valence-electron chi connectivity index (χ0n) is 5.60. The Morgan fingerprint density at radius 3 is 2.40 bits per heavy atom. The Morgan fingerprint density at radius 2 is 2.10 bits per heavy atom. The maximum atomic E-state index is 10.1. The summed E-state index contributed by atoms with van der Waals surface area (Å²) in [5.41, 5.74) is 0. The van der Waals surface area contributed by atoms with Gasteiger partial charge in [0.15, 0.2) is 0 Å². The highest BCUT2D eigenvalue weighted by Gasteiger charge is 2.14. The first-order valence-electron chi connectivity index (χ1n) is 2.73. The Morgan fingerprint density at radius 1 is 1.60 bits per heavy atom. The second kappa shape index (κ2) is 4.05. The van der Waals surface area contributed by atoms with Gasteiger partial charge < -0.3 is 19.6 Å². The lowest BCUT2D eigenvalue weighted by molar-refractivity contribution is 0.0427. The first kappa shape index (κ1) is 10.1. The van der Waals surface area contributed by atoms with Crippen LogP contribution in [-0.2, 0) is 9.30 Å². The molecule has 5 nitrogen and oxygen atoms in total. The highest BCUT2D eigenvalue weighted by atomic mass is 31.2. The van der Waals surface area contributed by atoms with Crippen molar-refractivity contribution in [2.45, 2.75) is 13.0 Å². The Balaban J connectivity index is 3.46. The third-order valence-corrected chi connectivity index (χ3v) is 1.27. The maximum Gasteiger partial charge on any atom is 0.350 e. The van der Waals surface area contributed by atoms with Crippen molar-refractivity contribution in [3.63, 3.8) is 0 Å². The Hall–Kier alpha value is 0.0700. The number of rotatable bonds is 4. The lowest BCUT2D eigenvalue weighted by atomic mass is 10.4. The first-order valence-corrected chi connectivity index (χ1v) is 4.52. The van der Waals surface area contributed by atoms with Crippen molar-refractivity contribution >= 4 is 7.60 Å². The molecule has 0 heterocycles. The molecule has 0 saturated carbocycles. The largest absolute Gasteiger partial charge is 0.394 e. The smallest absolute Gasteiger partial charge is 0.350 e. The summed E-state index contributed by atoms with van der Waals surface area (Å²) in [7, 11) is -4.07. The average Bonchev–Trinajstić information content (AvgIpc) is 1.81. The van der Waals surface area contributed by atoms with E-state index in [0.29, 0.717) is 0 Å². The standard InChI is InChI=1S/C4H11O5P/c1-4(2-5)9-3-10(6,7)8/h4-5H,2-3H2,1H3,(H2,6,7,8)/t4-/m0/s1. The van der Waals surface area contributed by atoms with Crippen molar-refractivity contribution in [1.82, 2.24) is 0 Å². The van der Waals surface area contributed by atoms with Crippen LogP contribution in [0.1, 0.15) is 6.92 Å². The van der Waals surface area contributed by atoms with E-state index in [4.69, 9.17) is 14.9 Å². The first-order chi connectivity index (χ1) is 4.45. The predicted octanol–water partition coefficient (Wildman–Crippen LogP) is -0.481. The monoisotopic (exact) mass is 170 g/mol. The predicted molar refractivity (Wildman–Crippen MR) is 34.5 cm³/mol. The van der Waals surface area contributed by atoms with E-state index >= 15 is 0 Å². The summed E-state index contributed by atoms with van der Waals surface area (Å²) < 4.78 is 14.7. The van der Waals surface area contributed by atoms with Crippen molar-refractivity contribution in [1.29, 1.82) is 0 Å². The van der Waals surface area contributed by atoms with Gasteiger partial charge in [-0.25, -0.2) is 0 Å². The lowest BCUT2D eigenvalue weighted by Crippen LogP contribution is -2.13. The fourth-order valence-corrected chi connectivity index (χ4v) is 0.726. The molecule has 0 aliphatic rings. The van der Waals surface area contributed by atoms with Crippen LogP contribution < -0.4 is 0 Å². The molecule has 0 spiro atoms. The van der Waals surface area contributed by atoms with Gasteiger partial charge in [0.05, 0.1) is 12.7 Å². The molecule has 6 heteroatoms. The fraction of sp³-hybridized carbons (Fsp3) is 1.00. The number of aliphatic hydroxyl groups is 1. The number of hydrogen-bond donors (Lipinski definition) is 3. The Bertz CT molecular complexity index is 130. The summed E-state index contributed by atoms with van der Waals surface area (Å²) in [6.45, 7) is 1.29. The van der Waals surface area contributed by atoms with Crippen molar-refractivity contribution < 1.29 is 24.2 Å². The molecule has 62 valence electrons. The molecule has 0 saturated heterocycles. The molecule has 0 aromatic rings. The molecule has 0 aliphatic carbocycles. The van der Waals surface area contributed by atoms with Gasteiger partial charge in [0.1, 0.15) is 6.35 Å². The van der Waals surface area contributed by atoms with Crippen LogP contribution in [0.25, 0.3) is 0 Å². The van der Waals surface area contributed by atoms with E-state index in [0.717, 1.165) is 0 Å². The average molecular weight is 170 g/mol. The van der Waals surface area contributed by atoms with Gasteiger partial charge in [-0.05, 0) is 6.92 Å². The van der Waals surface area contributed by atoms with Crippen LogP contribution in [0.2, 0.25) is 0 Å². The van der Waals surface area contributed by atoms with E-state index < -0.39 is 20.0 Å². The molecule has 0 amide bonds. The van der Waals surface area contributed by atoms with Crippen LogP contribution in [0.3, 0.4) is 0 Å². The van der Waals surface area contributed by atoms with E-state index in [1.807, 2.05) is 0 Å². The van der Waals surface area contributed by atoms with Crippen molar-refractivity contribution in [3.05, 3.63) is 0 Å². The molecule has 0 aromatic carbocycles. The number of hydrogen-bond acceptors (Lipinski definition) is 3. The highest BCUT2D eigenvalue weighted by molar-refractivity contribution is 7.51. The summed E-state index contributed by atoms with van der Waals surface area (Å²) in [4.78, 5) is 16.5. The molecule has 0 aliphatic heterocycles. The van der Waals surface area contributed by atoms with Gasteiger partial charge in [0.2, 0.25) is 0 Å². The minimum Gasteiger partial charge on any atom is -0.394 e. The van der Waals surface area contributed by atoms with Crippen LogP contribution >= 0.6 is 7.60 Å². The molecular formula is C4H11O5P. The second-order valence-corrected chi connectivity index (χ2v) is 3.54. The summed E-state index contributed by atoms with van der Waals surface area (Å²) in [6.07, 6.45) is -1.15. The molecule has 10 heavy (non-hydrogen) atoms. The van der Waals surface area contributed by atoms with E-state index in [-0.39, 0.29) is 6.61 Å². The van der Waals surface area contributed by atoms with Gasteiger partial charge in [-0.15, -0.1) is 0 Å². The zero-order chi connectivity index (χ0) is 8.20.